The van der Waals surface area contributed by atoms with Crippen LogP contribution in [0.3, 0.4) is 0 Å². The van der Waals surface area contributed by atoms with Gasteiger partial charge in [-0.15, -0.1) is 17.0 Å². The first kappa shape index (κ1) is 21.6. The summed E-state index contributed by atoms with van der Waals surface area (Å²) >= 11 is -1.69. The SMILES string of the molecule is Br.CCC[CH2][SbH]([CH2]CCC)([CH2]CCC)[CH2]CCC. The normalized spacial score (nSPS) is 12.2. The van der Waals surface area contributed by atoms with Gasteiger partial charge in [-0.2, -0.15) is 0 Å². The molecule has 0 aromatic carbocycles. The Hall–Kier alpha value is 1.30. The molecule has 0 aliphatic rings. The minimum absolute atomic E-state index is 0. The monoisotopic (exact) mass is 430 g/mol. The van der Waals surface area contributed by atoms with Crippen molar-refractivity contribution >= 4 is 35.8 Å². The molecule has 0 bridgehead atoms. The van der Waals surface area contributed by atoms with Gasteiger partial charge in [0.25, 0.3) is 0 Å². The first-order valence-electron chi connectivity index (χ1n) is 8.24. The van der Waals surface area contributed by atoms with E-state index in [-0.39, 0.29) is 17.0 Å². The summed E-state index contributed by atoms with van der Waals surface area (Å²) in [6.45, 7) is 9.48. The van der Waals surface area contributed by atoms with Crippen LogP contribution < -0.4 is 0 Å². The van der Waals surface area contributed by atoms with Crippen molar-refractivity contribution < 1.29 is 0 Å². The van der Waals surface area contributed by atoms with Crippen LogP contribution in [0, 0.1) is 0 Å². The van der Waals surface area contributed by atoms with E-state index in [1.807, 2.05) is 0 Å². The van der Waals surface area contributed by atoms with Crippen molar-refractivity contribution in [1.82, 2.24) is 0 Å². The predicted molar refractivity (Wildman–Crippen MR) is 96.3 cm³/mol. The van der Waals surface area contributed by atoms with E-state index < -0.39 is 18.8 Å². The number of hydrogen-bond donors (Lipinski definition) is 0. The van der Waals surface area contributed by atoms with Crippen LogP contribution in [0.4, 0.5) is 0 Å². The molecule has 0 saturated carbocycles. The molecule has 0 atom stereocenters. The third-order valence-electron chi connectivity index (χ3n) is 4.24. The summed E-state index contributed by atoms with van der Waals surface area (Å²) in [6, 6.07) is 0. The average Bonchev–Trinajstić information content (AvgIpc) is 2.37. The molecular weight excluding hydrogens is 394 g/mol. The zero-order chi connectivity index (χ0) is 13.0. The Morgan fingerprint density at radius 3 is 0.889 bits per heavy atom. The number of rotatable bonds is 12. The quantitative estimate of drug-likeness (QED) is 0.293. The summed E-state index contributed by atoms with van der Waals surface area (Å²) in [6.07, 6.45) is 11.8. The van der Waals surface area contributed by atoms with Crippen molar-refractivity contribution in [2.45, 2.75) is 96.5 Å². The van der Waals surface area contributed by atoms with Gasteiger partial charge in [0.1, 0.15) is 0 Å². The molecule has 0 fully saturated rings. The maximum absolute atomic E-state index is 2.37. The van der Waals surface area contributed by atoms with Gasteiger partial charge in [0.15, 0.2) is 0 Å². The fourth-order valence-corrected chi connectivity index (χ4v) is 19.8. The third-order valence-corrected chi connectivity index (χ3v) is 20.4. The van der Waals surface area contributed by atoms with Gasteiger partial charge in [0, 0.05) is 0 Å². The van der Waals surface area contributed by atoms with Crippen LogP contribution in [0.2, 0.25) is 17.5 Å². The number of unbranched alkanes of at least 4 members (excludes halogenated alkanes) is 4. The Morgan fingerprint density at radius 1 is 0.500 bits per heavy atom. The van der Waals surface area contributed by atoms with Gasteiger partial charge in [0.05, 0.1) is 0 Å². The standard InChI is InChI=1S/4C4H9.BrH.Sb.H/c4*1-3-4-2;;;/h4*1,3-4H2,2H3;1H;;. The summed E-state index contributed by atoms with van der Waals surface area (Å²) in [4.78, 5) is 0. The second kappa shape index (κ2) is 14.7. The van der Waals surface area contributed by atoms with Crippen molar-refractivity contribution in [2.24, 2.45) is 0 Å². The van der Waals surface area contributed by atoms with Gasteiger partial charge in [0.2, 0.25) is 0 Å². The second-order valence-electron chi connectivity index (χ2n) is 5.91. The van der Waals surface area contributed by atoms with Crippen LogP contribution in [0.25, 0.3) is 0 Å². The van der Waals surface area contributed by atoms with Crippen LogP contribution in [0.15, 0.2) is 0 Å². The third kappa shape index (κ3) is 10.1. The number of hydrogen-bond acceptors (Lipinski definition) is 0. The van der Waals surface area contributed by atoms with E-state index >= 15 is 0 Å². The van der Waals surface area contributed by atoms with Gasteiger partial charge in [-0.3, -0.25) is 0 Å². The minimum atomic E-state index is -1.69. The van der Waals surface area contributed by atoms with Crippen LogP contribution in [-0.4, -0.2) is 18.8 Å². The molecule has 114 valence electrons. The van der Waals surface area contributed by atoms with Crippen LogP contribution >= 0.6 is 17.0 Å². The summed E-state index contributed by atoms with van der Waals surface area (Å²) in [5.74, 6) is 0. The first-order valence-corrected chi connectivity index (χ1v) is 16.3. The van der Waals surface area contributed by atoms with E-state index in [1.54, 1.807) is 17.5 Å². The van der Waals surface area contributed by atoms with E-state index in [1.165, 1.54) is 51.4 Å². The average molecular weight is 432 g/mol. The zero-order valence-electron chi connectivity index (χ0n) is 13.4. The molecule has 0 aliphatic carbocycles. The molecule has 0 aromatic rings. The molecule has 0 unspecified atom stereocenters. The predicted octanol–water partition coefficient (Wildman–Crippen LogP) is 6.95. The first-order chi connectivity index (χ1) is 8.24. The molecule has 0 spiro atoms. The van der Waals surface area contributed by atoms with E-state index in [9.17, 15) is 0 Å². The molecule has 0 nitrogen and oxygen atoms in total. The molecule has 0 saturated heterocycles. The van der Waals surface area contributed by atoms with Crippen LogP contribution in [0.1, 0.15) is 79.1 Å². The van der Waals surface area contributed by atoms with Crippen molar-refractivity contribution in [3.8, 4) is 0 Å². The molecule has 0 heterocycles. The summed E-state index contributed by atoms with van der Waals surface area (Å²) in [5, 5.41) is 0. The van der Waals surface area contributed by atoms with Gasteiger partial charge < -0.3 is 0 Å². The molecule has 0 N–H and O–H groups in total. The van der Waals surface area contributed by atoms with Crippen LogP contribution in [0.5, 0.6) is 0 Å². The van der Waals surface area contributed by atoms with Gasteiger partial charge in [-0.1, -0.05) is 0 Å². The van der Waals surface area contributed by atoms with E-state index in [0.717, 1.165) is 0 Å². The van der Waals surface area contributed by atoms with Gasteiger partial charge >= 0.3 is 115 Å². The maximum atomic E-state index is 2.37. The zero-order valence-corrected chi connectivity index (χ0v) is 18.0. The fraction of sp³-hybridized carbons (Fsp3) is 1.00. The Labute approximate surface area is 131 Å². The van der Waals surface area contributed by atoms with Crippen molar-refractivity contribution in [2.75, 3.05) is 0 Å². The molecule has 18 heavy (non-hydrogen) atoms. The fourth-order valence-electron chi connectivity index (χ4n) is 2.96. The molecule has 0 amide bonds. The molecule has 0 radical (unpaired) electrons. The molecule has 2 heteroatoms. The molecule has 0 aromatic heterocycles. The summed E-state index contributed by atoms with van der Waals surface area (Å²) in [7, 11) is 0. The Kier molecular flexibility index (Phi) is 17.6. The van der Waals surface area contributed by atoms with Crippen LogP contribution in [-0.2, 0) is 0 Å². The second-order valence-corrected chi connectivity index (χ2v) is 20.2. The van der Waals surface area contributed by atoms with Gasteiger partial charge in [-0.25, -0.2) is 0 Å². The topological polar surface area (TPSA) is 0 Å². The number of halogens is 1. The van der Waals surface area contributed by atoms with Gasteiger partial charge in [-0.05, 0) is 0 Å². The van der Waals surface area contributed by atoms with Crippen molar-refractivity contribution in [3.63, 3.8) is 0 Å². The van der Waals surface area contributed by atoms with E-state index in [4.69, 9.17) is 0 Å². The Bertz CT molecular complexity index is 122. The Balaban J connectivity index is 0. The van der Waals surface area contributed by atoms with E-state index in [2.05, 4.69) is 27.7 Å². The summed E-state index contributed by atoms with van der Waals surface area (Å²) in [5.41, 5.74) is 0. The van der Waals surface area contributed by atoms with E-state index in [0.29, 0.717) is 0 Å². The van der Waals surface area contributed by atoms with Crippen molar-refractivity contribution in [1.29, 1.82) is 0 Å². The van der Waals surface area contributed by atoms with Crippen molar-refractivity contribution in [3.05, 3.63) is 0 Å². The Morgan fingerprint density at radius 2 is 0.722 bits per heavy atom. The summed E-state index contributed by atoms with van der Waals surface area (Å²) < 4.78 is 6.80. The molecular formula is C16H38BrSb. The molecule has 0 rings (SSSR count). The molecule has 0 aliphatic heterocycles.